The van der Waals surface area contributed by atoms with Gasteiger partial charge in [-0.3, -0.25) is 9.59 Å². The van der Waals surface area contributed by atoms with E-state index in [1.165, 1.54) is 0 Å². The molecule has 3 aromatic rings. The van der Waals surface area contributed by atoms with Gasteiger partial charge in [0, 0.05) is 5.69 Å². The molecule has 110 valence electrons. The van der Waals surface area contributed by atoms with Crippen molar-refractivity contribution in [1.29, 1.82) is 0 Å². The molecule has 4 heteroatoms. The van der Waals surface area contributed by atoms with Gasteiger partial charge >= 0.3 is 0 Å². The summed E-state index contributed by atoms with van der Waals surface area (Å²) in [4.78, 5) is 23.8. The van der Waals surface area contributed by atoms with Crippen molar-refractivity contribution >= 4 is 11.4 Å². The van der Waals surface area contributed by atoms with E-state index in [1.807, 2.05) is 31.2 Å². The standard InChI is InChI=1S/C18H15NO3/c1-11-4-3-5-13(10-11)19-16-15(17(20)18(16)21)12-6-8-14(22-2)9-7-12/h3-10,19H,1-2H3. The first-order valence-corrected chi connectivity index (χ1v) is 6.91. The summed E-state index contributed by atoms with van der Waals surface area (Å²) in [6.45, 7) is 1.97. The summed E-state index contributed by atoms with van der Waals surface area (Å²) in [5.41, 5.74) is 2.42. The highest BCUT2D eigenvalue weighted by Crippen LogP contribution is 2.28. The van der Waals surface area contributed by atoms with Gasteiger partial charge in [0.15, 0.2) is 0 Å². The molecule has 0 bridgehead atoms. The second-order valence-corrected chi connectivity index (χ2v) is 5.13. The molecule has 0 aliphatic heterocycles. The minimum absolute atomic E-state index is 0.348. The largest absolute Gasteiger partial charge is 0.497 e. The molecule has 0 radical (unpaired) electrons. The molecule has 3 rings (SSSR count). The van der Waals surface area contributed by atoms with E-state index < -0.39 is 10.9 Å². The highest BCUT2D eigenvalue weighted by Gasteiger charge is 2.22. The van der Waals surface area contributed by atoms with E-state index in [9.17, 15) is 9.59 Å². The topological polar surface area (TPSA) is 55.4 Å². The number of nitrogens with one attached hydrogen (secondary N) is 1. The molecule has 1 N–H and O–H groups in total. The van der Waals surface area contributed by atoms with Crippen molar-refractivity contribution < 1.29 is 4.74 Å². The Hall–Kier alpha value is -2.88. The van der Waals surface area contributed by atoms with Gasteiger partial charge < -0.3 is 10.1 Å². The van der Waals surface area contributed by atoms with E-state index in [2.05, 4.69) is 5.32 Å². The Morgan fingerprint density at radius 3 is 2.32 bits per heavy atom. The quantitative estimate of drug-likeness (QED) is 0.751. The zero-order valence-corrected chi connectivity index (χ0v) is 12.3. The smallest absolute Gasteiger partial charge is 0.250 e. The first-order valence-electron chi connectivity index (χ1n) is 6.91. The van der Waals surface area contributed by atoms with E-state index in [0.717, 1.165) is 11.3 Å². The van der Waals surface area contributed by atoms with Crippen molar-refractivity contribution in [2.24, 2.45) is 0 Å². The van der Waals surface area contributed by atoms with Crippen molar-refractivity contribution in [3.63, 3.8) is 0 Å². The maximum Gasteiger partial charge on any atom is 0.250 e. The number of aryl methyl sites for hydroxylation is 1. The lowest BCUT2D eigenvalue weighted by molar-refractivity contribution is 0.415. The van der Waals surface area contributed by atoms with Crippen molar-refractivity contribution in [3.8, 4) is 16.9 Å². The Balaban J connectivity index is 1.98. The van der Waals surface area contributed by atoms with Crippen LogP contribution in [0.15, 0.2) is 58.1 Å². The van der Waals surface area contributed by atoms with Crippen LogP contribution in [0.25, 0.3) is 11.1 Å². The van der Waals surface area contributed by atoms with Gasteiger partial charge in [-0.05, 0) is 42.3 Å². The number of rotatable bonds is 4. The maximum absolute atomic E-state index is 11.9. The Morgan fingerprint density at radius 1 is 0.955 bits per heavy atom. The van der Waals surface area contributed by atoms with Gasteiger partial charge in [-0.15, -0.1) is 0 Å². The molecule has 0 saturated heterocycles. The van der Waals surface area contributed by atoms with Crippen LogP contribution in [0.3, 0.4) is 0 Å². The summed E-state index contributed by atoms with van der Waals surface area (Å²) in [5.74, 6) is 0.704. The minimum atomic E-state index is -0.479. The van der Waals surface area contributed by atoms with E-state index in [1.54, 1.807) is 31.4 Å². The number of hydrogen-bond acceptors (Lipinski definition) is 4. The zero-order chi connectivity index (χ0) is 15.7. The van der Waals surface area contributed by atoms with Crippen LogP contribution >= 0.6 is 0 Å². The molecule has 0 aliphatic rings. The highest BCUT2D eigenvalue weighted by atomic mass is 16.5. The SMILES string of the molecule is COc1ccc(-c2c(Nc3cccc(C)c3)c(=O)c2=O)cc1. The average Bonchev–Trinajstić information content (AvgIpc) is 2.54. The molecule has 3 aromatic carbocycles. The molecule has 0 fully saturated rings. The van der Waals surface area contributed by atoms with Gasteiger partial charge in [-0.1, -0.05) is 24.3 Å². The highest BCUT2D eigenvalue weighted by molar-refractivity contribution is 5.84. The molecule has 22 heavy (non-hydrogen) atoms. The summed E-state index contributed by atoms with van der Waals surface area (Å²) in [7, 11) is 1.58. The Labute approximate surface area is 127 Å². The van der Waals surface area contributed by atoms with Gasteiger partial charge in [-0.25, -0.2) is 0 Å². The lowest BCUT2D eigenvalue weighted by atomic mass is 9.98. The summed E-state index contributed by atoms with van der Waals surface area (Å²) < 4.78 is 5.10. The molecule has 0 amide bonds. The third kappa shape index (κ3) is 2.39. The van der Waals surface area contributed by atoms with Crippen LogP contribution in [0.1, 0.15) is 5.56 Å². The van der Waals surface area contributed by atoms with Gasteiger partial charge in [0.25, 0.3) is 5.43 Å². The first-order chi connectivity index (χ1) is 10.6. The number of ether oxygens (including phenoxy) is 1. The molecule has 0 aliphatic carbocycles. The minimum Gasteiger partial charge on any atom is -0.497 e. The van der Waals surface area contributed by atoms with Crippen molar-refractivity contribution in [2.45, 2.75) is 6.92 Å². The molecular formula is C18H15NO3. The number of benzene rings is 2. The number of methoxy groups -OCH3 is 1. The van der Waals surface area contributed by atoms with Crippen LogP contribution in [0.2, 0.25) is 0 Å². The summed E-state index contributed by atoms with van der Waals surface area (Å²) in [6, 6.07) is 14.7. The zero-order valence-electron chi connectivity index (χ0n) is 12.3. The summed E-state index contributed by atoms with van der Waals surface area (Å²) >= 11 is 0. The fraction of sp³-hybridized carbons (Fsp3) is 0.111. The van der Waals surface area contributed by atoms with Crippen molar-refractivity contribution in [3.05, 3.63) is 74.5 Å². The number of hydrogen-bond donors (Lipinski definition) is 1. The van der Waals surface area contributed by atoms with Gasteiger partial charge in [-0.2, -0.15) is 0 Å². The first kappa shape index (κ1) is 14.1. The summed E-state index contributed by atoms with van der Waals surface area (Å²) in [5, 5.41) is 3.05. The van der Waals surface area contributed by atoms with Crippen LogP contribution in [-0.4, -0.2) is 7.11 Å². The molecule has 0 saturated carbocycles. The van der Waals surface area contributed by atoms with Gasteiger partial charge in [0.2, 0.25) is 5.43 Å². The third-order valence-electron chi connectivity index (χ3n) is 3.58. The second-order valence-electron chi connectivity index (χ2n) is 5.13. The predicted molar refractivity (Wildman–Crippen MR) is 87.8 cm³/mol. The summed E-state index contributed by atoms with van der Waals surface area (Å²) in [6.07, 6.45) is 0. The van der Waals surface area contributed by atoms with Gasteiger partial charge in [0.1, 0.15) is 11.4 Å². The third-order valence-corrected chi connectivity index (χ3v) is 3.58. The van der Waals surface area contributed by atoms with Crippen LogP contribution in [0.4, 0.5) is 11.4 Å². The van der Waals surface area contributed by atoms with E-state index in [4.69, 9.17) is 4.74 Å². The Kier molecular flexibility index (Phi) is 3.51. The lowest BCUT2D eigenvalue weighted by Crippen LogP contribution is -2.35. The predicted octanol–water partition coefficient (Wildman–Crippen LogP) is 3.01. The molecule has 0 atom stereocenters. The maximum atomic E-state index is 11.9. The van der Waals surface area contributed by atoms with Crippen LogP contribution in [0.5, 0.6) is 5.75 Å². The number of anilines is 2. The Bertz CT molecular complexity index is 888. The molecule has 0 spiro atoms. The monoisotopic (exact) mass is 293 g/mol. The molecule has 0 heterocycles. The van der Waals surface area contributed by atoms with Crippen LogP contribution < -0.4 is 20.9 Å². The van der Waals surface area contributed by atoms with Crippen molar-refractivity contribution in [2.75, 3.05) is 12.4 Å². The van der Waals surface area contributed by atoms with Crippen molar-refractivity contribution in [1.82, 2.24) is 0 Å². The van der Waals surface area contributed by atoms with Crippen LogP contribution in [0, 0.1) is 6.92 Å². The van der Waals surface area contributed by atoms with E-state index in [0.29, 0.717) is 22.6 Å². The molecule has 0 aromatic heterocycles. The van der Waals surface area contributed by atoms with Crippen LogP contribution in [-0.2, 0) is 0 Å². The molecular weight excluding hydrogens is 278 g/mol. The van der Waals surface area contributed by atoms with Gasteiger partial charge in [0.05, 0.1) is 12.7 Å². The molecule has 4 nitrogen and oxygen atoms in total. The van der Waals surface area contributed by atoms with E-state index >= 15 is 0 Å². The normalized spacial score (nSPS) is 10.6. The Morgan fingerprint density at radius 2 is 1.68 bits per heavy atom. The lowest BCUT2D eigenvalue weighted by Gasteiger charge is -2.14. The fourth-order valence-corrected chi connectivity index (χ4v) is 2.41. The molecule has 0 unspecified atom stereocenters. The second kappa shape index (κ2) is 5.48. The average molecular weight is 293 g/mol. The fourth-order valence-electron chi connectivity index (χ4n) is 2.41. The van der Waals surface area contributed by atoms with E-state index in [-0.39, 0.29) is 0 Å².